The number of halogens is 3. The maximum absolute atomic E-state index is 13.3. The molecule has 2 rings (SSSR count). The molecule has 1 aromatic carbocycles. The molecule has 1 amide bonds. The van der Waals surface area contributed by atoms with Gasteiger partial charge in [-0.15, -0.1) is 11.3 Å². The van der Waals surface area contributed by atoms with Crippen LogP contribution in [0.4, 0.5) is 8.78 Å². The van der Waals surface area contributed by atoms with Gasteiger partial charge in [0.1, 0.15) is 4.34 Å². The second-order valence-electron chi connectivity index (χ2n) is 5.62. The number of carbonyl (C=O) groups excluding carboxylic acids is 1. The fraction of sp³-hybridized carbons (Fsp3) is 0.222. The molecule has 1 atom stereocenters. The lowest BCUT2D eigenvalue weighted by Crippen LogP contribution is -2.41. The number of allylic oxidation sites excluding steroid dienone is 1. The fourth-order valence-electron chi connectivity index (χ4n) is 2.43. The van der Waals surface area contributed by atoms with Gasteiger partial charge in [0.05, 0.1) is 10.6 Å². The van der Waals surface area contributed by atoms with Crippen LogP contribution in [0.1, 0.15) is 20.8 Å². The van der Waals surface area contributed by atoms with Crippen LogP contribution >= 0.6 is 22.9 Å². The van der Waals surface area contributed by atoms with E-state index in [1.165, 1.54) is 12.3 Å². The number of carbonyl (C=O) groups is 1. The summed E-state index contributed by atoms with van der Waals surface area (Å²) in [7, 11) is 1.59. The summed E-state index contributed by atoms with van der Waals surface area (Å²) in [6.07, 6.45) is 3.19. The van der Waals surface area contributed by atoms with Crippen LogP contribution in [0.2, 0.25) is 4.34 Å². The lowest BCUT2D eigenvalue weighted by molar-refractivity contribution is 0.0942. The summed E-state index contributed by atoms with van der Waals surface area (Å²) in [5, 5.41) is 2.78. The molecule has 2 aromatic rings. The van der Waals surface area contributed by atoms with Gasteiger partial charge >= 0.3 is 0 Å². The highest BCUT2D eigenvalue weighted by Gasteiger charge is 2.19. The minimum Gasteiger partial charge on any atom is -0.405 e. The lowest BCUT2D eigenvalue weighted by atomic mass is 10.1. The van der Waals surface area contributed by atoms with Gasteiger partial charge in [-0.3, -0.25) is 9.79 Å². The first-order chi connectivity index (χ1) is 12.9. The SMILES string of the molecule is CN=C(C=CN)c1cc(C(=O)NC(CN)Cc2ccc(F)c(F)c2)sc1Cl. The number of rotatable bonds is 7. The predicted octanol–water partition coefficient (Wildman–Crippen LogP) is 2.87. The molecule has 5 nitrogen and oxygen atoms in total. The van der Waals surface area contributed by atoms with Crippen LogP contribution in [0.25, 0.3) is 0 Å². The van der Waals surface area contributed by atoms with Gasteiger partial charge in [-0.05, 0) is 42.5 Å². The standard InChI is InChI=1S/C18H19ClF2N4OS/c1-24-15(4-5-22)12-8-16(27-17(12)19)18(26)25-11(9-23)6-10-2-3-13(20)14(21)7-10/h2-5,7-8,11H,6,9,22-23H2,1H3,(H,25,26). The van der Waals surface area contributed by atoms with E-state index in [0.717, 1.165) is 23.5 Å². The number of benzene rings is 1. The van der Waals surface area contributed by atoms with Crippen LogP contribution in [-0.2, 0) is 6.42 Å². The first-order valence-corrected chi connectivity index (χ1v) is 9.18. The van der Waals surface area contributed by atoms with Gasteiger partial charge < -0.3 is 16.8 Å². The molecule has 1 unspecified atom stereocenters. The molecule has 5 N–H and O–H groups in total. The van der Waals surface area contributed by atoms with Gasteiger partial charge in [0.2, 0.25) is 0 Å². The highest BCUT2D eigenvalue weighted by Crippen LogP contribution is 2.28. The molecule has 0 fully saturated rings. The van der Waals surface area contributed by atoms with Gasteiger partial charge in [-0.2, -0.15) is 0 Å². The van der Waals surface area contributed by atoms with Crippen LogP contribution in [0, 0.1) is 11.6 Å². The van der Waals surface area contributed by atoms with Crippen molar-refractivity contribution in [1.29, 1.82) is 0 Å². The molecule has 0 aliphatic rings. The Morgan fingerprint density at radius 2 is 2.11 bits per heavy atom. The fourth-order valence-corrected chi connectivity index (χ4v) is 3.63. The molecule has 0 bridgehead atoms. The Labute approximate surface area is 164 Å². The van der Waals surface area contributed by atoms with Crippen LogP contribution in [0.5, 0.6) is 0 Å². The predicted molar refractivity (Wildman–Crippen MR) is 105 cm³/mol. The summed E-state index contributed by atoms with van der Waals surface area (Å²) in [5.41, 5.74) is 12.8. The summed E-state index contributed by atoms with van der Waals surface area (Å²) in [6, 6.07) is 4.76. The average molecular weight is 413 g/mol. The third kappa shape index (κ3) is 5.35. The van der Waals surface area contributed by atoms with Crippen molar-refractivity contribution in [2.45, 2.75) is 12.5 Å². The molecule has 27 heavy (non-hydrogen) atoms. The van der Waals surface area contributed by atoms with E-state index >= 15 is 0 Å². The van der Waals surface area contributed by atoms with Crippen molar-refractivity contribution in [3.8, 4) is 0 Å². The minimum absolute atomic E-state index is 0.133. The van der Waals surface area contributed by atoms with Crippen LogP contribution in [-0.4, -0.2) is 31.3 Å². The van der Waals surface area contributed by atoms with Gasteiger partial charge in [-0.25, -0.2) is 8.78 Å². The van der Waals surface area contributed by atoms with Gasteiger partial charge in [-0.1, -0.05) is 17.7 Å². The zero-order valence-corrected chi connectivity index (χ0v) is 16.1. The molecular formula is C18H19ClF2N4OS. The molecule has 1 aromatic heterocycles. The molecule has 0 radical (unpaired) electrons. The summed E-state index contributed by atoms with van der Waals surface area (Å²) in [6.45, 7) is 0.133. The molecule has 144 valence electrons. The zero-order chi connectivity index (χ0) is 20.0. The van der Waals surface area contributed by atoms with Crippen molar-refractivity contribution in [2.24, 2.45) is 16.5 Å². The number of nitrogens with one attached hydrogen (secondary N) is 1. The second kappa shape index (κ2) is 9.59. The first kappa shape index (κ1) is 21.0. The monoisotopic (exact) mass is 412 g/mol. The largest absolute Gasteiger partial charge is 0.405 e. The summed E-state index contributed by atoms with van der Waals surface area (Å²) in [4.78, 5) is 17.0. The smallest absolute Gasteiger partial charge is 0.261 e. The van der Waals surface area contributed by atoms with Crippen molar-refractivity contribution in [3.05, 3.63) is 68.5 Å². The van der Waals surface area contributed by atoms with Crippen molar-refractivity contribution < 1.29 is 13.6 Å². The lowest BCUT2D eigenvalue weighted by Gasteiger charge is -2.16. The van der Waals surface area contributed by atoms with Crippen molar-refractivity contribution in [3.63, 3.8) is 0 Å². The van der Waals surface area contributed by atoms with E-state index in [-0.39, 0.29) is 18.9 Å². The number of hydrogen-bond donors (Lipinski definition) is 3. The summed E-state index contributed by atoms with van der Waals surface area (Å²) < 4.78 is 26.8. The molecule has 1 heterocycles. The molecule has 0 aliphatic heterocycles. The highest BCUT2D eigenvalue weighted by atomic mass is 35.5. The van der Waals surface area contributed by atoms with E-state index in [0.29, 0.717) is 26.1 Å². The minimum atomic E-state index is -0.941. The molecule has 0 aliphatic carbocycles. The maximum atomic E-state index is 13.3. The molecule has 0 saturated carbocycles. The number of aliphatic imine (C=N–C) groups is 1. The Morgan fingerprint density at radius 1 is 1.37 bits per heavy atom. The second-order valence-corrected chi connectivity index (χ2v) is 7.28. The number of nitrogens with two attached hydrogens (primary N) is 2. The first-order valence-electron chi connectivity index (χ1n) is 7.99. The third-order valence-corrected chi connectivity index (χ3v) is 5.12. The Bertz CT molecular complexity index is 882. The molecular weight excluding hydrogens is 394 g/mol. The van der Waals surface area contributed by atoms with Crippen molar-refractivity contribution >= 4 is 34.6 Å². The van der Waals surface area contributed by atoms with Crippen LogP contribution in [0.3, 0.4) is 0 Å². The Hall–Kier alpha value is -2.29. The van der Waals surface area contributed by atoms with Crippen LogP contribution < -0.4 is 16.8 Å². The van der Waals surface area contributed by atoms with E-state index < -0.39 is 17.7 Å². The molecule has 0 spiro atoms. The highest BCUT2D eigenvalue weighted by molar-refractivity contribution is 7.18. The maximum Gasteiger partial charge on any atom is 0.261 e. The molecule has 0 saturated heterocycles. The number of amides is 1. The zero-order valence-electron chi connectivity index (χ0n) is 14.5. The van der Waals surface area contributed by atoms with Gasteiger partial charge in [0.15, 0.2) is 11.6 Å². The van der Waals surface area contributed by atoms with E-state index in [1.807, 2.05) is 0 Å². The number of nitrogens with zero attached hydrogens (tertiary/aromatic N) is 1. The van der Waals surface area contributed by atoms with E-state index in [4.69, 9.17) is 23.1 Å². The number of thiophene rings is 1. The van der Waals surface area contributed by atoms with Crippen LogP contribution in [0.15, 0.2) is 41.5 Å². The van der Waals surface area contributed by atoms with Gasteiger partial charge in [0, 0.05) is 25.2 Å². The Balaban J connectivity index is 2.13. The van der Waals surface area contributed by atoms with E-state index in [9.17, 15) is 13.6 Å². The Morgan fingerprint density at radius 3 is 2.70 bits per heavy atom. The average Bonchev–Trinajstić information content (AvgIpc) is 3.03. The van der Waals surface area contributed by atoms with E-state index in [1.54, 1.807) is 19.2 Å². The molecule has 9 heteroatoms. The summed E-state index contributed by atoms with van der Waals surface area (Å²) in [5.74, 6) is -2.23. The number of hydrogen-bond acceptors (Lipinski definition) is 5. The Kier molecular flexibility index (Phi) is 7.46. The van der Waals surface area contributed by atoms with Crippen molar-refractivity contribution in [1.82, 2.24) is 5.32 Å². The topological polar surface area (TPSA) is 93.5 Å². The van der Waals surface area contributed by atoms with Crippen molar-refractivity contribution in [2.75, 3.05) is 13.6 Å². The summed E-state index contributed by atoms with van der Waals surface area (Å²) >= 11 is 7.31. The third-order valence-electron chi connectivity index (χ3n) is 3.77. The van der Waals surface area contributed by atoms with E-state index in [2.05, 4.69) is 10.3 Å². The quantitative estimate of drug-likeness (QED) is 0.610. The normalized spacial score (nSPS) is 13.1. The van der Waals surface area contributed by atoms with Gasteiger partial charge in [0.25, 0.3) is 5.91 Å².